The molecule has 1 aliphatic heterocycles. The van der Waals surface area contributed by atoms with Gasteiger partial charge in [0.15, 0.2) is 0 Å². The van der Waals surface area contributed by atoms with Crippen molar-refractivity contribution in [1.82, 2.24) is 9.88 Å². The Morgan fingerprint density at radius 3 is 3.07 bits per heavy atom. The maximum absolute atomic E-state index is 4.32. The number of pyridine rings is 1. The molecule has 2 heterocycles. The SMILES string of the molecule is BrC1=CCCN(Cc2ccccn2)C1. The lowest BCUT2D eigenvalue weighted by atomic mass is 10.2. The van der Waals surface area contributed by atoms with Gasteiger partial charge in [-0.2, -0.15) is 0 Å². The summed E-state index contributed by atoms with van der Waals surface area (Å²) in [6, 6.07) is 6.07. The fourth-order valence-corrected chi connectivity index (χ4v) is 2.20. The lowest BCUT2D eigenvalue weighted by Gasteiger charge is -2.24. The van der Waals surface area contributed by atoms with Gasteiger partial charge in [-0.3, -0.25) is 9.88 Å². The Kier molecular flexibility index (Phi) is 3.32. The molecule has 0 fully saturated rings. The van der Waals surface area contributed by atoms with E-state index in [1.54, 1.807) is 0 Å². The van der Waals surface area contributed by atoms with Gasteiger partial charge in [0.2, 0.25) is 0 Å². The first-order valence-electron chi connectivity index (χ1n) is 4.81. The van der Waals surface area contributed by atoms with Gasteiger partial charge in [0.25, 0.3) is 0 Å². The first-order valence-corrected chi connectivity index (χ1v) is 5.61. The fourth-order valence-electron chi connectivity index (χ4n) is 1.62. The highest BCUT2D eigenvalue weighted by Gasteiger charge is 2.11. The average Bonchev–Trinajstić information content (AvgIpc) is 2.19. The standard InChI is InChI=1S/C11H13BrN2/c12-10-4-3-7-14(8-10)9-11-5-1-2-6-13-11/h1-2,4-6H,3,7-9H2. The summed E-state index contributed by atoms with van der Waals surface area (Å²) in [6.45, 7) is 3.09. The van der Waals surface area contributed by atoms with E-state index in [1.165, 1.54) is 4.48 Å². The fraction of sp³-hybridized carbons (Fsp3) is 0.364. The van der Waals surface area contributed by atoms with Gasteiger partial charge in [0.1, 0.15) is 0 Å². The van der Waals surface area contributed by atoms with E-state index in [9.17, 15) is 0 Å². The molecule has 2 nitrogen and oxygen atoms in total. The number of nitrogens with zero attached hydrogens (tertiary/aromatic N) is 2. The maximum atomic E-state index is 4.32. The summed E-state index contributed by atoms with van der Waals surface area (Å²) in [5, 5.41) is 0. The molecule has 0 aromatic carbocycles. The van der Waals surface area contributed by atoms with Crippen molar-refractivity contribution < 1.29 is 0 Å². The highest BCUT2D eigenvalue weighted by atomic mass is 79.9. The predicted molar refractivity (Wildman–Crippen MR) is 61.1 cm³/mol. The first-order chi connectivity index (χ1) is 6.84. The van der Waals surface area contributed by atoms with Crippen molar-refractivity contribution in [3.05, 3.63) is 40.6 Å². The molecular weight excluding hydrogens is 240 g/mol. The second kappa shape index (κ2) is 4.71. The third kappa shape index (κ3) is 2.66. The Labute approximate surface area is 92.8 Å². The molecule has 0 spiro atoms. The zero-order valence-corrected chi connectivity index (χ0v) is 9.57. The third-order valence-corrected chi connectivity index (χ3v) is 2.87. The van der Waals surface area contributed by atoms with E-state index in [1.807, 2.05) is 18.3 Å². The van der Waals surface area contributed by atoms with Crippen LogP contribution in [-0.4, -0.2) is 23.0 Å². The van der Waals surface area contributed by atoms with Crippen LogP contribution >= 0.6 is 15.9 Å². The molecule has 0 saturated heterocycles. The molecule has 0 aliphatic carbocycles. The summed E-state index contributed by atoms with van der Waals surface area (Å²) in [6.07, 6.45) is 5.23. The largest absolute Gasteiger partial charge is 0.292 e. The molecule has 0 radical (unpaired) electrons. The monoisotopic (exact) mass is 252 g/mol. The Hall–Kier alpha value is -0.670. The Balaban J connectivity index is 1.96. The van der Waals surface area contributed by atoms with Gasteiger partial charge in [-0.25, -0.2) is 0 Å². The van der Waals surface area contributed by atoms with Crippen LogP contribution in [0.25, 0.3) is 0 Å². The summed E-state index contributed by atoms with van der Waals surface area (Å²) < 4.78 is 1.29. The highest BCUT2D eigenvalue weighted by molar-refractivity contribution is 9.11. The number of rotatable bonds is 2. The minimum Gasteiger partial charge on any atom is -0.292 e. The molecule has 0 amide bonds. The topological polar surface area (TPSA) is 16.1 Å². The van der Waals surface area contributed by atoms with Crippen LogP contribution in [0, 0.1) is 0 Å². The average molecular weight is 253 g/mol. The summed E-state index contributed by atoms with van der Waals surface area (Å²) in [7, 11) is 0. The van der Waals surface area contributed by atoms with Crippen molar-refractivity contribution in [2.75, 3.05) is 13.1 Å². The van der Waals surface area contributed by atoms with Crippen LogP contribution in [0.15, 0.2) is 35.0 Å². The van der Waals surface area contributed by atoms with Gasteiger partial charge in [-0.1, -0.05) is 28.1 Å². The number of halogens is 1. The molecule has 0 N–H and O–H groups in total. The summed E-state index contributed by atoms with van der Waals surface area (Å²) in [4.78, 5) is 6.72. The van der Waals surface area contributed by atoms with E-state index in [2.05, 4.69) is 38.0 Å². The van der Waals surface area contributed by atoms with Crippen LogP contribution in [0.4, 0.5) is 0 Å². The van der Waals surface area contributed by atoms with E-state index in [0.717, 1.165) is 31.7 Å². The molecule has 1 aromatic heterocycles. The summed E-state index contributed by atoms with van der Waals surface area (Å²) in [5.41, 5.74) is 1.15. The second-order valence-electron chi connectivity index (χ2n) is 3.47. The van der Waals surface area contributed by atoms with Gasteiger partial charge in [0.05, 0.1) is 5.69 Å². The van der Waals surface area contributed by atoms with E-state index < -0.39 is 0 Å². The Morgan fingerprint density at radius 1 is 1.43 bits per heavy atom. The maximum Gasteiger partial charge on any atom is 0.0544 e. The molecule has 0 unspecified atom stereocenters. The first kappa shape index (κ1) is 9.87. The summed E-state index contributed by atoms with van der Waals surface area (Å²) >= 11 is 3.54. The van der Waals surface area contributed by atoms with Crippen molar-refractivity contribution in [3.63, 3.8) is 0 Å². The Morgan fingerprint density at radius 2 is 2.36 bits per heavy atom. The van der Waals surface area contributed by atoms with Gasteiger partial charge >= 0.3 is 0 Å². The van der Waals surface area contributed by atoms with Crippen LogP contribution in [0.2, 0.25) is 0 Å². The van der Waals surface area contributed by atoms with Gasteiger partial charge in [0, 0.05) is 30.3 Å². The Bertz CT molecular complexity index is 321. The summed E-state index contributed by atoms with van der Waals surface area (Å²) in [5.74, 6) is 0. The van der Waals surface area contributed by atoms with Crippen LogP contribution < -0.4 is 0 Å². The molecule has 14 heavy (non-hydrogen) atoms. The number of hydrogen-bond acceptors (Lipinski definition) is 2. The van der Waals surface area contributed by atoms with E-state index >= 15 is 0 Å². The minimum atomic E-state index is 0.948. The van der Waals surface area contributed by atoms with Crippen LogP contribution in [0.1, 0.15) is 12.1 Å². The van der Waals surface area contributed by atoms with E-state index in [-0.39, 0.29) is 0 Å². The lowest BCUT2D eigenvalue weighted by Crippen LogP contribution is -2.28. The van der Waals surface area contributed by atoms with Crippen molar-refractivity contribution in [2.45, 2.75) is 13.0 Å². The van der Waals surface area contributed by atoms with Gasteiger partial charge in [-0.15, -0.1) is 0 Å². The second-order valence-corrected chi connectivity index (χ2v) is 4.49. The molecule has 1 aliphatic rings. The van der Waals surface area contributed by atoms with E-state index in [0.29, 0.717) is 0 Å². The predicted octanol–water partition coefficient (Wildman–Crippen LogP) is 2.57. The van der Waals surface area contributed by atoms with Gasteiger partial charge < -0.3 is 0 Å². The normalized spacial score (nSPS) is 17.9. The third-order valence-electron chi connectivity index (χ3n) is 2.30. The molecular formula is C11H13BrN2. The van der Waals surface area contributed by atoms with Crippen molar-refractivity contribution in [2.24, 2.45) is 0 Å². The van der Waals surface area contributed by atoms with Crippen LogP contribution in [-0.2, 0) is 6.54 Å². The molecule has 74 valence electrons. The van der Waals surface area contributed by atoms with Crippen molar-refractivity contribution in [3.8, 4) is 0 Å². The van der Waals surface area contributed by atoms with Crippen LogP contribution in [0.5, 0.6) is 0 Å². The minimum absolute atomic E-state index is 0.948. The molecule has 2 rings (SSSR count). The van der Waals surface area contributed by atoms with Crippen molar-refractivity contribution >= 4 is 15.9 Å². The molecule has 3 heteroatoms. The molecule has 0 bridgehead atoms. The van der Waals surface area contributed by atoms with Gasteiger partial charge in [-0.05, 0) is 18.6 Å². The zero-order valence-electron chi connectivity index (χ0n) is 7.99. The molecule has 0 atom stereocenters. The number of hydrogen-bond donors (Lipinski definition) is 0. The van der Waals surface area contributed by atoms with E-state index in [4.69, 9.17) is 0 Å². The van der Waals surface area contributed by atoms with Crippen molar-refractivity contribution in [1.29, 1.82) is 0 Å². The van der Waals surface area contributed by atoms with Crippen LogP contribution in [0.3, 0.4) is 0 Å². The quantitative estimate of drug-likeness (QED) is 0.805. The molecule has 1 aromatic rings. The number of aromatic nitrogens is 1. The smallest absolute Gasteiger partial charge is 0.0544 e. The molecule has 0 saturated carbocycles. The highest BCUT2D eigenvalue weighted by Crippen LogP contribution is 2.16. The lowest BCUT2D eigenvalue weighted by molar-refractivity contribution is 0.285. The zero-order chi connectivity index (χ0) is 9.80.